The van der Waals surface area contributed by atoms with Crippen LogP contribution >= 0.6 is 0 Å². The molecule has 2 nitrogen and oxygen atoms in total. The first-order valence-corrected chi connectivity index (χ1v) is 22.3. The predicted molar refractivity (Wildman–Crippen MR) is 268 cm³/mol. The first-order chi connectivity index (χ1) is 31.5. The fourth-order valence-corrected chi connectivity index (χ4v) is 11.0. The fraction of sp³-hybridized carbons (Fsp3) is 0.0645. The average molecular weight is 819 g/mol. The standard InChI is InChI=1S/C62H46N2/c1-61(2)57-32-14-11-31-55(57)56-42-52(37-38-58(56)61)64(50-28-18-27-49(41-50)63(47-24-7-4-8-25-47)51-36-35-43-19-9-10-20-44(43)39-51)48-26-17-23-46(40-48)62(45-21-5-3-6-22-45)59-33-15-12-29-53(59)54-30-13-16-34-60(54)62/h3-42H,1-2H3. The van der Waals surface area contributed by atoms with E-state index in [1.807, 2.05) is 0 Å². The quantitative estimate of drug-likeness (QED) is 0.151. The number of hydrogen-bond acceptors (Lipinski definition) is 2. The second-order valence-electron chi connectivity index (χ2n) is 17.7. The van der Waals surface area contributed by atoms with Crippen LogP contribution in [-0.4, -0.2) is 0 Å². The van der Waals surface area contributed by atoms with E-state index in [9.17, 15) is 0 Å². The van der Waals surface area contributed by atoms with Gasteiger partial charge < -0.3 is 9.80 Å². The largest absolute Gasteiger partial charge is 0.310 e. The molecule has 0 N–H and O–H groups in total. The van der Waals surface area contributed by atoms with Crippen molar-refractivity contribution in [3.63, 3.8) is 0 Å². The van der Waals surface area contributed by atoms with Crippen molar-refractivity contribution in [3.8, 4) is 22.3 Å². The van der Waals surface area contributed by atoms with E-state index in [4.69, 9.17) is 0 Å². The maximum Gasteiger partial charge on any atom is 0.0714 e. The summed E-state index contributed by atoms with van der Waals surface area (Å²) in [6, 6.07) is 89.6. The Bertz CT molecular complexity index is 3340. The lowest BCUT2D eigenvalue weighted by Gasteiger charge is -2.35. The lowest BCUT2D eigenvalue weighted by Crippen LogP contribution is -2.28. The SMILES string of the molecule is CC1(C)c2ccccc2-c2cc(N(c3cccc(N(c4ccccc4)c4ccc5ccccc5c4)c3)c3cccc(C4(c5ccccc5)c5ccccc5-c5ccccc54)c3)ccc21. The van der Waals surface area contributed by atoms with E-state index in [2.05, 4.69) is 266 Å². The Kier molecular flexibility index (Phi) is 8.77. The molecule has 0 unspecified atom stereocenters. The van der Waals surface area contributed by atoms with Gasteiger partial charge in [-0.3, -0.25) is 0 Å². The van der Waals surface area contributed by atoms with Crippen molar-refractivity contribution in [3.05, 3.63) is 276 Å². The van der Waals surface area contributed by atoms with E-state index < -0.39 is 5.41 Å². The summed E-state index contributed by atoms with van der Waals surface area (Å²) in [5, 5.41) is 2.43. The zero-order valence-corrected chi connectivity index (χ0v) is 36.0. The van der Waals surface area contributed by atoms with Crippen LogP contribution in [-0.2, 0) is 10.8 Å². The van der Waals surface area contributed by atoms with Crippen molar-refractivity contribution in [2.75, 3.05) is 9.80 Å². The van der Waals surface area contributed by atoms with Gasteiger partial charge >= 0.3 is 0 Å². The second kappa shape index (κ2) is 14.9. The van der Waals surface area contributed by atoms with Crippen molar-refractivity contribution in [2.24, 2.45) is 0 Å². The summed E-state index contributed by atoms with van der Waals surface area (Å²) in [7, 11) is 0. The van der Waals surface area contributed by atoms with Crippen molar-refractivity contribution >= 4 is 44.9 Å². The number of fused-ring (bicyclic) bond motifs is 7. The number of anilines is 6. The molecule has 0 spiro atoms. The maximum atomic E-state index is 2.47. The van der Waals surface area contributed by atoms with Crippen LogP contribution in [0.1, 0.15) is 47.2 Å². The third-order valence-corrected chi connectivity index (χ3v) is 13.9. The molecule has 0 saturated heterocycles. The van der Waals surface area contributed by atoms with Crippen molar-refractivity contribution < 1.29 is 0 Å². The molecule has 0 aliphatic heterocycles. The minimum absolute atomic E-state index is 0.101. The first kappa shape index (κ1) is 37.8. The summed E-state index contributed by atoms with van der Waals surface area (Å²) in [6.07, 6.45) is 0. The molecule has 0 saturated carbocycles. The van der Waals surface area contributed by atoms with Gasteiger partial charge in [-0.1, -0.05) is 190 Å². The third-order valence-electron chi connectivity index (χ3n) is 13.9. The van der Waals surface area contributed by atoms with Gasteiger partial charge in [0.1, 0.15) is 0 Å². The number of rotatable bonds is 8. The maximum absolute atomic E-state index is 2.47. The summed E-state index contributed by atoms with van der Waals surface area (Å²) < 4.78 is 0. The normalized spacial score (nSPS) is 13.7. The molecule has 0 aromatic heterocycles. The van der Waals surface area contributed by atoms with Gasteiger partial charge in [-0.05, 0) is 133 Å². The van der Waals surface area contributed by atoms with E-state index >= 15 is 0 Å². The van der Waals surface area contributed by atoms with Gasteiger partial charge in [-0.15, -0.1) is 0 Å². The highest BCUT2D eigenvalue weighted by Crippen LogP contribution is 2.57. The summed E-state index contributed by atoms with van der Waals surface area (Å²) in [6.45, 7) is 4.71. The van der Waals surface area contributed by atoms with Crippen LogP contribution in [0.5, 0.6) is 0 Å². The van der Waals surface area contributed by atoms with E-state index in [1.165, 1.54) is 66.4 Å². The molecular weight excluding hydrogens is 773 g/mol. The topological polar surface area (TPSA) is 6.48 Å². The van der Waals surface area contributed by atoms with Gasteiger partial charge in [0.15, 0.2) is 0 Å². The van der Waals surface area contributed by atoms with Crippen LogP contribution in [0.3, 0.4) is 0 Å². The first-order valence-electron chi connectivity index (χ1n) is 22.3. The van der Waals surface area contributed by atoms with Crippen LogP contribution in [0.4, 0.5) is 34.1 Å². The highest BCUT2D eigenvalue weighted by Gasteiger charge is 2.46. The van der Waals surface area contributed by atoms with Crippen LogP contribution in [0.15, 0.2) is 243 Å². The molecule has 0 fully saturated rings. The van der Waals surface area contributed by atoms with Gasteiger partial charge in [0.25, 0.3) is 0 Å². The lowest BCUT2D eigenvalue weighted by atomic mass is 9.67. The molecular formula is C62H46N2. The molecule has 10 aromatic carbocycles. The zero-order valence-electron chi connectivity index (χ0n) is 36.0. The van der Waals surface area contributed by atoms with Crippen LogP contribution in [0.25, 0.3) is 33.0 Å². The average Bonchev–Trinajstić information content (AvgIpc) is 3.78. The predicted octanol–water partition coefficient (Wildman–Crippen LogP) is 16.4. The Morgan fingerprint density at radius 1 is 0.266 bits per heavy atom. The van der Waals surface area contributed by atoms with Gasteiger partial charge in [-0.2, -0.15) is 0 Å². The summed E-state index contributed by atoms with van der Waals surface area (Å²) in [5.41, 5.74) is 18.9. The molecule has 0 heterocycles. The Labute approximate surface area is 376 Å². The molecule has 64 heavy (non-hydrogen) atoms. The highest BCUT2D eigenvalue weighted by atomic mass is 15.2. The van der Waals surface area contributed by atoms with E-state index in [1.54, 1.807) is 0 Å². The molecule has 2 heteroatoms. The molecule has 0 amide bonds. The molecule has 10 aromatic rings. The number of nitrogens with zero attached hydrogens (tertiary/aromatic N) is 2. The second-order valence-corrected chi connectivity index (χ2v) is 17.7. The van der Waals surface area contributed by atoms with Crippen molar-refractivity contribution in [2.45, 2.75) is 24.7 Å². The van der Waals surface area contributed by atoms with Crippen LogP contribution in [0, 0.1) is 0 Å². The summed E-state index contributed by atoms with van der Waals surface area (Å²) in [5.74, 6) is 0. The lowest BCUT2D eigenvalue weighted by molar-refractivity contribution is 0.660. The fourth-order valence-electron chi connectivity index (χ4n) is 11.0. The Morgan fingerprint density at radius 3 is 1.39 bits per heavy atom. The minimum atomic E-state index is -0.529. The Hall–Kier alpha value is -7.94. The minimum Gasteiger partial charge on any atom is -0.310 e. The summed E-state index contributed by atoms with van der Waals surface area (Å²) in [4.78, 5) is 4.85. The van der Waals surface area contributed by atoms with Gasteiger partial charge in [0.05, 0.1) is 5.41 Å². The molecule has 0 atom stereocenters. The molecule has 2 aliphatic carbocycles. The number of benzene rings is 10. The van der Waals surface area contributed by atoms with Crippen molar-refractivity contribution in [1.29, 1.82) is 0 Å². The third kappa shape index (κ3) is 5.80. The Morgan fingerprint density at radius 2 is 0.703 bits per heavy atom. The van der Waals surface area contributed by atoms with Crippen molar-refractivity contribution in [1.82, 2.24) is 0 Å². The molecule has 304 valence electrons. The van der Waals surface area contributed by atoms with Gasteiger partial charge in [0, 0.05) is 39.5 Å². The molecule has 0 bridgehead atoms. The monoisotopic (exact) mass is 818 g/mol. The molecule has 2 aliphatic rings. The van der Waals surface area contributed by atoms with E-state index in [0.717, 1.165) is 34.1 Å². The number of para-hydroxylation sites is 1. The van der Waals surface area contributed by atoms with E-state index in [0.29, 0.717) is 0 Å². The molecule has 12 rings (SSSR count). The summed E-state index contributed by atoms with van der Waals surface area (Å²) >= 11 is 0. The number of hydrogen-bond donors (Lipinski definition) is 0. The zero-order chi connectivity index (χ0) is 42.8. The van der Waals surface area contributed by atoms with E-state index in [-0.39, 0.29) is 5.41 Å². The van der Waals surface area contributed by atoms with Gasteiger partial charge in [0.2, 0.25) is 0 Å². The molecule has 0 radical (unpaired) electrons. The van der Waals surface area contributed by atoms with Gasteiger partial charge in [-0.25, -0.2) is 0 Å². The Balaban J connectivity index is 1.09. The van der Waals surface area contributed by atoms with Crippen LogP contribution < -0.4 is 9.80 Å². The van der Waals surface area contributed by atoms with Crippen LogP contribution in [0.2, 0.25) is 0 Å². The smallest absolute Gasteiger partial charge is 0.0714 e. The highest BCUT2D eigenvalue weighted by molar-refractivity contribution is 5.92.